The summed E-state index contributed by atoms with van der Waals surface area (Å²) in [6, 6.07) is 8.80. The number of benzene rings is 1. The topological polar surface area (TPSA) is 122 Å². The third kappa shape index (κ3) is 6.11. The van der Waals surface area contributed by atoms with Crippen molar-refractivity contribution >= 4 is 23.3 Å². The number of aliphatic imine (C=N–C) groups is 1. The maximum Gasteiger partial charge on any atom is 0.227 e. The van der Waals surface area contributed by atoms with Crippen LogP contribution in [0.4, 0.5) is 11.6 Å². The number of aromatic nitrogens is 4. The van der Waals surface area contributed by atoms with Gasteiger partial charge in [-0.1, -0.05) is 32.9 Å². The van der Waals surface area contributed by atoms with E-state index in [1.54, 1.807) is 17.1 Å². The molecular weight excluding hydrogens is 518 g/mol. The minimum Gasteiger partial charge on any atom is -0.380 e. The number of fused-ring (bicyclic) bond motifs is 1. The second-order valence-electron chi connectivity index (χ2n) is 12.2. The molecule has 0 bridgehead atoms. The van der Waals surface area contributed by atoms with E-state index in [0.29, 0.717) is 18.4 Å². The zero-order valence-corrected chi connectivity index (χ0v) is 24.1. The Hall–Kier alpha value is -3.83. The number of hydrogen-bond donors (Lipinski definition) is 1. The Morgan fingerprint density at radius 1 is 1.20 bits per heavy atom. The molecule has 3 aromatic rings. The van der Waals surface area contributed by atoms with Crippen molar-refractivity contribution in [2.24, 2.45) is 27.7 Å². The van der Waals surface area contributed by atoms with Gasteiger partial charge in [0, 0.05) is 56.0 Å². The van der Waals surface area contributed by atoms with Crippen LogP contribution in [-0.4, -0.2) is 68.2 Å². The average molecular weight is 556 g/mol. The number of amidine groups is 1. The first-order valence-corrected chi connectivity index (χ1v) is 14.3. The number of nitrogens with zero attached hydrogens (tertiary/aromatic N) is 8. The van der Waals surface area contributed by atoms with E-state index < -0.39 is 0 Å². The Kier molecular flexibility index (Phi) is 7.48. The molecule has 11 heteroatoms. The second kappa shape index (κ2) is 11.2. The van der Waals surface area contributed by atoms with Crippen molar-refractivity contribution in [1.29, 1.82) is 0 Å². The number of carbonyl (C=O) groups is 1. The molecule has 2 aromatic heterocycles. The highest BCUT2D eigenvalue weighted by molar-refractivity contribution is 6.39. The van der Waals surface area contributed by atoms with Gasteiger partial charge in [0.05, 0.1) is 24.2 Å². The minimum absolute atomic E-state index is 0.0416. The molecule has 5 heterocycles. The van der Waals surface area contributed by atoms with E-state index in [1.807, 2.05) is 19.3 Å². The Labute approximate surface area is 240 Å². The van der Waals surface area contributed by atoms with Crippen molar-refractivity contribution in [3.8, 4) is 11.3 Å². The molecule has 3 aliphatic heterocycles. The Morgan fingerprint density at radius 2 is 2.07 bits per heavy atom. The van der Waals surface area contributed by atoms with Gasteiger partial charge in [-0.3, -0.25) is 14.4 Å². The van der Waals surface area contributed by atoms with E-state index in [1.165, 1.54) is 11.1 Å². The first-order chi connectivity index (χ1) is 19.7. The largest absolute Gasteiger partial charge is 0.380 e. The summed E-state index contributed by atoms with van der Waals surface area (Å²) >= 11 is 0. The number of aryl methyl sites for hydroxylation is 1. The average Bonchev–Trinajstić information content (AvgIpc) is 3.71. The molecule has 0 spiro atoms. The fraction of sp³-hybridized carbons (Fsp3) is 0.500. The smallest absolute Gasteiger partial charge is 0.227 e. The lowest BCUT2D eigenvalue weighted by atomic mass is 9.87. The summed E-state index contributed by atoms with van der Waals surface area (Å²) < 4.78 is 7.46. The third-order valence-corrected chi connectivity index (χ3v) is 8.02. The summed E-state index contributed by atoms with van der Waals surface area (Å²) in [6.45, 7) is 9.43. The number of azo groups is 1. The number of ether oxygens (including phenoxy) is 1. The third-order valence-electron chi connectivity index (χ3n) is 8.02. The molecule has 0 radical (unpaired) electrons. The van der Waals surface area contributed by atoms with Crippen LogP contribution in [0.5, 0.6) is 0 Å². The molecule has 11 nitrogen and oxygen atoms in total. The van der Waals surface area contributed by atoms with Crippen molar-refractivity contribution in [2.75, 3.05) is 25.1 Å². The Morgan fingerprint density at radius 3 is 2.80 bits per heavy atom. The predicted octanol–water partition coefficient (Wildman–Crippen LogP) is 4.89. The number of hydrogen-bond acceptors (Lipinski definition) is 10. The van der Waals surface area contributed by atoms with Gasteiger partial charge < -0.3 is 10.1 Å². The van der Waals surface area contributed by atoms with Crippen LogP contribution in [0.3, 0.4) is 0 Å². The molecule has 1 N–H and O–H groups in total. The number of ketones is 1. The molecule has 6 rings (SSSR count). The number of carbonyl (C=O) groups excluding carboxylic acids is 1. The second-order valence-corrected chi connectivity index (χ2v) is 12.2. The molecule has 1 saturated heterocycles. The van der Waals surface area contributed by atoms with Crippen LogP contribution in [0.15, 0.2) is 58.1 Å². The fourth-order valence-electron chi connectivity index (χ4n) is 5.69. The molecule has 1 aromatic carbocycles. The molecule has 0 amide bonds. The highest BCUT2D eigenvalue weighted by atomic mass is 16.5. The normalized spacial score (nSPS) is 22.8. The van der Waals surface area contributed by atoms with Gasteiger partial charge in [-0.2, -0.15) is 10.2 Å². The van der Waals surface area contributed by atoms with Gasteiger partial charge in [0.2, 0.25) is 17.6 Å². The lowest BCUT2D eigenvalue weighted by Gasteiger charge is -2.26. The van der Waals surface area contributed by atoms with E-state index in [-0.39, 0.29) is 29.1 Å². The van der Waals surface area contributed by atoms with Crippen LogP contribution in [0.25, 0.3) is 11.3 Å². The SMILES string of the molecule is Cn1cc(Nc2nccc(-c3ccc4c(c3)CN(C3CCOC3)CC[C@H]4CC(=O)C3=NC(C(C)(C)C)N=N3)n2)cn1. The Bertz CT molecular complexity index is 1480. The van der Waals surface area contributed by atoms with Gasteiger partial charge >= 0.3 is 0 Å². The summed E-state index contributed by atoms with van der Waals surface area (Å²) in [5.74, 6) is 0.792. The van der Waals surface area contributed by atoms with Gasteiger partial charge in [-0.15, -0.1) is 5.11 Å². The lowest BCUT2D eigenvalue weighted by Crippen LogP contribution is -2.35. The van der Waals surface area contributed by atoms with Crippen molar-refractivity contribution in [3.05, 3.63) is 54.0 Å². The molecule has 0 aliphatic carbocycles. The van der Waals surface area contributed by atoms with Crippen LogP contribution in [0.1, 0.15) is 57.1 Å². The standard InChI is InChI=1S/C30H37N9O2/c1-30(2,3)28-35-27(36-37-28)26(40)14-19-8-11-39(23-9-12-41-18-23)16-21-13-20(5-6-24(19)21)25-7-10-31-29(34-25)33-22-15-32-38(4)17-22/h5-7,10,13,15,17,19,23,28H,8-9,11-12,14,16,18H2,1-4H3,(H,31,33,34)/t19-,23?,28?/m0/s1. The zero-order valence-electron chi connectivity index (χ0n) is 24.1. The molecule has 214 valence electrons. The van der Waals surface area contributed by atoms with E-state index in [9.17, 15) is 4.79 Å². The molecule has 41 heavy (non-hydrogen) atoms. The molecule has 1 fully saturated rings. The fourth-order valence-corrected chi connectivity index (χ4v) is 5.69. The highest BCUT2D eigenvalue weighted by Gasteiger charge is 2.33. The monoisotopic (exact) mass is 555 g/mol. The summed E-state index contributed by atoms with van der Waals surface area (Å²) in [7, 11) is 1.87. The van der Waals surface area contributed by atoms with Gasteiger partial charge in [-0.25, -0.2) is 15.0 Å². The number of anilines is 2. The number of nitrogens with one attached hydrogen (secondary N) is 1. The summed E-state index contributed by atoms with van der Waals surface area (Å²) in [4.78, 5) is 29.6. The van der Waals surface area contributed by atoms with Crippen LogP contribution in [0, 0.1) is 5.41 Å². The van der Waals surface area contributed by atoms with Crippen LogP contribution < -0.4 is 5.32 Å². The minimum atomic E-state index is -0.311. The molecule has 3 atom stereocenters. The summed E-state index contributed by atoms with van der Waals surface area (Å²) in [5, 5.41) is 15.9. The maximum atomic E-state index is 13.4. The van der Waals surface area contributed by atoms with Crippen molar-refractivity contribution < 1.29 is 9.53 Å². The van der Waals surface area contributed by atoms with Crippen LogP contribution in [0.2, 0.25) is 0 Å². The van der Waals surface area contributed by atoms with Gasteiger partial charge in [-0.05, 0) is 48.6 Å². The molecule has 0 saturated carbocycles. The van der Waals surface area contributed by atoms with E-state index in [0.717, 1.165) is 56.1 Å². The molecule has 3 aliphatic rings. The lowest BCUT2D eigenvalue weighted by molar-refractivity contribution is -0.113. The summed E-state index contributed by atoms with van der Waals surface area (Å²) in [5.41, 5.74) is 4.91. The van der Waals surface area contributed by atoms with Crippen LogP contribution >= 0.6 is 0 Å². The highest BCUT2D eigenvalue weighted by Crippen LogP contribution is 2.36. The number of rotatable bonds is 7. The van der Waals surface area contributed by atoms with Gasteiger partial charge in [0.1, 0.15) is 0 Å². The maximum absolute atomic E-state index is 13.4. The van der Waals surface area contributed by atoms with Crippen molar-refractivity contribution in [2.45, 2.75) is 64.7 Å². The summed E-state index contributed by atoms with van der Waals surface area (Å²) in [6.07, 6.45) is 7.34. The van der Waals surface area contributed by atoms with E-state index in [2.05, 4.69) is 74.5 Å². The first-order valence-electron chi connectivity index (χ1n) is 14.3. The predicted molar refractivity (Wildman–Crippen MR) is 156 cm³/mol. The van der Waals surface area contributed by atoms with Gasteiger partial charge in [0.25, 0.3) is 0 Å². The van der Waals surface area contributed by atoms with E-state index in [4.69, 9.17) is 9.72 Å². The van der Waals surface area contributed by atoms with Crippen molar-refractivity contribution in [3.63, 3.8) is 0 Å². The van der Waals surface area contributed by atoms with Crippen molar-refractivity contribution in [1.82, 2.24) is 24.6 Å². The van der Waals surface area contributed by atoms with Crippen LogP contribution in [-0.2, 0) is 23.1 Å². The Balaban J connectivity index is 1.27. The molecule has 2 unspecified atom stereocenters. The van der Waals surface area contributed by atoms with Gasteiger partial charge in [0.15, 0.2) is 6.17 Å². The van der Waals surface area contributed by atoms with E-state index >= 15 is 0 Å². The molecular formula is C30H37N9O2. The zero-order chi connectivity index (χ0) is 28.6. The number of Topliss-reactive ketones (excluding diaryl/α,β-unsaturated/α-hetero) is 1. The quantitative estimate of drug-likeness (QED) is 0.440. The first kappa shape index (κ1) is 27.3.